The number of anilines is 1. The van der Waals surface area contributed by atoms with Crippen LogP contribution in [0.1, 0.15) is 61.2 Å². The lowest BCUT2D eigenvalue weighted by Gasteiger charge is -2.36. The number of hydrogen-bond acceptors (Lipinski definition) is 9. The third-order valence-electron chi connectivity index (χ3n) is 8.35. The molecule has 0 aliphatic carbocycles. The fourth-order valence-electron chi connectivity index (χ4n) is 5.70. The number of unbranched alkanes of at least 4 members (excludes halogenated alkanes) is 1. The Kier molecular flexibility index (Phi) is 12.1. The fourth-order valence-corrected chi connectivity index (χ4v) is 6.54. The van der Waals surface area contributed by atoms with Gasteiger partial charge in [0.1, 0.15) is 5.69 Å². The number of oxazole rings is 1. The Morgan fingerprint density at radius 2 is 1.42 bits per heavy atom. The van der Waals surface area contributed by atoms with E-state index >= 15 is 0 Å². The van der Waals surface area contributed by atoms with Gasteiger partial charge in [-0.05, 0) is 36.1 Å². The van der Waals surface area contributed by atoms with Crippen LogP contribution in [0, 0.1) is 0 Å². The average Bonchev–Trinajstić information content (AvgIpc) is 3.61. The number of carbonyl (C=O) groups excluding carboxylic acids is 2. The molecular weight excluding hydrogens is 655 g/mol. The summed E-state index contributed by atoms with van der Waals surface area (Å²) in [5.41, 5.74) is 7.56. The van der Waals surface area contributed by atoms with Crippen molar-refractivity contribution >= 4 is 29.3 Å². The molecule has 0 bridgehead atoms. The quantitative estimate of drug-likeness (QED) is 0.0396. The van der Waals surface area contributed by atoms with E-state index in [1.807, 2.05) is 109 Å². The molecule has 3 atom stereocenters. The van der Waals surface area contributed by atoms with Gasteiger partial charge in [0.25, 0.3) is 5.22 Å². The molecule has 1 fully saturated rings. The number of carbonyl (C=O) groups is 2. The van der Waals surface area contributed by atoms with Crippen LogP contribution in [-0.4, -0.2) is 39.0 Å². The first-order valence-electron chi connectivity index (χ1n) is 16.6. The molecule has 4 N–H and O–H groups in total. The second-order valence-corrected chi connectivity index (χ2v) is 12.9. The van der Waals surface area contributed by atoms with Crippen molar-refractivity contribution in [3.05, 3.63) is 126 Å². The van der Waals surface area contributed by atoms with Gasteiger partial charge in [-0.2, -0.15) is 0 Å². The molecule has 5 aromatic rings. The summed E-state index contributed by atoms with van der Waals surface area (Å²) in [5, 5.41) is 21.6. The first kappa shape index (κ1) is 35.1. The lowest BCUT2D eigenvalue weighted by Crippen LogP contribution is -2.31. The summed E-state index contributed by atoms with van der Waals surface area (Å²) >= 11 is 1.50. The molecule has 0 saturated carbocycles. The molecule has 0 radical (unpaired) electrons. The van der Waals surface area contributed by atoms with Crippen molar-refractivity contribution in [1.29, 1.82) is 0 Å². The summed E-state index contributed by atoms with van der Waals surface area (Å²) in [6.45, 7) is -0.0351. The van der Waals surface area contributed by atoms with E-state index in [1.165, 1.54) is 11.8 Å². The predicted octanol–water partition coefficient (Wildman–Crippen LogP) is 7.84. The topological polar surface area (TPSA) is 143 Å². The number of aliphatic hydroxyl groups excluding tert-OH is 1. The van der Waals surface area contributed by atoms with Crippen molar-refractivity contribution in [2.75, 3.05) is 11.1 Å². The number of hydroxylamine groups is 1. The minimum atomic E-state index is -0.663. The SMILES string of the molecule is O=C(CCCCC(=O)Nc1ccc(C2OC(CSc3nc(-c4ccccc4)c(-c4ccccc4)o3)CC(c3ccc(CO)cc3)O2)cc1)NO. The van der Waals surface area contributed by atoms with Crippen molar-refractivity contribution in [2.24, 2.45) is 0 Å². The summed E-state index contributed by atoms with van der Waals surface area (Å²) in [6.07, 6.45) is 0.914. The average molecular weight is 694 g/mol. The van der Waals surface area contributed by atoms with E-state index in [4.69, 9.17) is 24.1 Å². The molecule has 11 heteroatoms. The van der Waals surface area contributed by atoms with Gasteiger partial charge in [-0.25, -0.2) is 10.5 Å². The summed E-state index contributed by atoms with van der Waals surface area (Å²) < 4.78 is 19.4. The number of aromatic nitrogens is 1. The lowest BCUT2D eigenvalue weighted by molar-refractivity contribution is -0.245. The monoisotopic (exact) mass is 693 g/mol. The normalized spacial score (nSPS) is 17.3. The largest absolute Gasteiger partial charge is 0.431 e. The van der Waals surface area contributed by atoms with E-state index < -0.39 is 12.2 Å². The van der Waals surface area contributed by atoms with E-state index in [0.717, 1.165) is 33.5 Å². The zero-order valence-electron chi connectivity index (χ0n) is 27.4. The molecule has 2 amide bonds. The Bertz CT molecular complexity index is 1780. The standard InChI is InChI=1S/C39H39N3O7S/c43-24-26-15-17-27(18-16-26)33-23-32(25-50-39-41-36(28-9-3-1-4-10-28)37(49-39)29-11-5-2-6-12-29)47-38(48-33)30-19-21-31(22-20-30)40-34(44)13-7-8-14-35(45)42-46/h1-6,9-12,15-22,32-33,38,43,46H,7-8,13-14,23-25H2,(H,40,44)(H,42,45). The smallest absolute Gasteiger partial charge is 0.256 e. The first-order valence-corrected chi connectivity index (χ1v) is 17.6. The molecular formula is C39H39N3O7S. The Hall–Kier alpha value is -4.78. The minimum absolute atomic E-state index is 0.0351. The highest BCUT2D eigenvalue weighted by atomic mass is 32.2. The van der Waals surface area contributed by atoms with Gasteiger partial charge in [-0.3, -0.25) is 14.8 Å². The van der Waals surface area contributed by atoms with Crippen molar-refractivity contribution < 1.29 is 33.8 Å². The van der Waals surface area contributed by atoms with Crippen molar-refractivity contribution in [2.45, 2.75) is 62.4 Å². The third-order valence-corrected chi connectivity index (χ3v) is 9.31. The molecule has 10 nitrogen and oxygen atoms in total. The number of ether oxygens (including phenoxy) is 2. The molecule has 1 saturated heterocycles. The van der Waals surface area contributed by atoms with Crippen LogP contribution in [-0.2, 0) is 25.7 Å². The van der Waals surface area contributed by atoms with Gasteiger partial charge in [0.15, 0.2) is 12.1 Å². The number of nitrogens with zero attached hydrogens (tertiary/aromatic N) is 1. The van der Waals surface area contributed by atoms with Crippen LogP contribution in [0.25, 0.3) is 22.6 Å². The number of amides is 2. The maximum atomic E-state index is 12.4. The Labute approximate surface area is 294 Å². The number of aliphatic hydroxyl groups is 1. The van der Waals surface area contributed by atoms with Crippen LogP contribution < -0.4 is 10.8 Å². The number of nitrogens with one attached hydrogen (secondary N) is 2. The number of benzene rings is 4. The van der Waals surface area contributed by atoms with Gasteiger partial charge in [0.2, 0.25) is 11.8 Å². The molecule has 1 aromatic heterocycles. The Morgan fingerprint density at radius 1 is 0.780 bits per heavy atom. The number of rotatable bonds is 14. The fraction of sp³-hybridized carbons (Fsp3) is 0.256. The Balaban J connectivity index is 1.16. The van der Waals surface area contributed by atoms with Crippen LogP contribution in [0.4, 0.5) is 5.69 Å². The maximum absolute atomic E-state index is 12.4. The lowest BCUT2D eigenvalue weighted by atomic mass is 10.0. The first-order chi connectivity index (χ1) is 24.5. The van der Waals surface area contributed by atoms with Gasteiger partial charge in [0.05, 0.1) is 18.8 Å². The minimum Gasteiger partial charge on any atom is -0.431 e. The highest BCUT2D eigenvalue weighted by Crippen LogP contribution is 2.41. The molecule has 1 aliphatic rings. The van der Waals surface area contributed by atoms with Gasteiger partial charge >= 0.3 is 0 Å². The molecule has 2 heterocycles. The summed E-state index contributed by atoms with van der Waals surface area (Å²) in [5.74, 6) is 0.661. The highest BCUT2D eigenvalue weighted by Gasteiger charge is 2.33. The molecule has 6 rings (SSSR count). The molecule has 50 heavy (non-hydrogen) atoms. The van der Waals surface area contributed by atoms with E-state index in [-0.39, 0.29) is 37.6 Å². The zero-order valence-corrected chi connectivity index (χ0v) is 28.2. The summed E-state index contributed by atoms with van der Waals surface area (Å²) in [6, 6.07) is 35.1. The van der Waals surface area contributed by atoms with Crippen molar-refractivity contribution in [1.82, 2.24) is 10.5 Å². The van der Waals surface area contributed by atoms with Gasteiger partial charge < -0.3 is 24.3 Å². The number of thioether (sulfide) groups is 1. The van der Waals surface area contributed by atoms with Crippen molar-refractivity contribution in [3.8, 4) is 22.6 Å². The van der Waals surface area contributed by atoms with E-state index in [2.05, 4.69) is 5.32 Å². The van der Waals surface area contributed by atoms with Crippen LogP contribution in [0.5, 0.6) is 0 Å². The summed E-state index contributed by atoms with van der Waals surface area (Å²) in [4.78, 5) is 28.5. The number of hydrogen-bond donors (Lipinski definition) is 4. The van der Waals surface area contributed by atoms with Crippen molar-refractivity contribution in [3.63, 3.8) is 0 Å². The zero-order chi connectivity index (χ0) is 34.7. The second kappa shape index (κ2) is 17.2. The predicted molar refractivity (Wildman–Crippen MR) is 190 cm³/mol. The highest BCUT2D eigenvalue weighted by molar-refractivity contribution is 7.99. The molecule has 0 spiro atoms. The molecule has 1 aliphatic heterocycles. The Morgan fingerprint density at radius 3 is 2.08 bits per heavy atom. The molecule has 4 aromatic carbocycles. The van der Waals surface area contributed by atoms with Crippen LogP contribution >= 0.6 is 11.8 Å². The van der Waals surface area contributed by atoms with Crippen LogP contribution in [0.2, 0.25) is 0 Å². The van der Waals surface area contributed by atoms with E-state index in [9.17, 15) is 14.7 Å². The van der Waals surface area contributed by atoms with Crippen LogP contribution in [0.3, 0.4) is 0 Å². The van der Waals surface area contributed by atoms with Gasteiger partial charge in [-0.15, -0.1) is 0 Å². The molecule has 258 valence electrons. The maximum Gasteiger partial charge on any atom is 0.256 e. The molecule has 3 unspecified atom stereocenters. The van der Waals surface area contributed by atoms with Gasteiger partial charge in [0, 0.05) is 47.4 Å². The van der Waals surface area contributed by atoms with E-state index in [0.29, 0.717) is 41.7 Å². The van der Waals surface area contributed by atoms with Crippen LogP contribution in [0.15, 0.2) is 119 Å². The van der Waals surface area contributed by atoms with Gasteiger partial charge in [-0.1, -0.05) is 109 Å². The second-order valence-electron chi connectivity index (χ2n) is 12.0. The summed E-state index contributed by atoms with van der Waals surface area (Å²) in [7, 11) is 0. The van der Waals surface area contributed by atoms with E-state index in [1.54, 1.807) is 5.48 Å². The third kappa shape index (κ3) is 9.26.